The van der Waals surface area contributed by atoms with Gasteiger partial charge in [0.15, 0.2) is 18.1 Å². The minimum Gasteiger partial charge on any atom is -0.507 e. The molecule has 0 aliphatic rings. The summed E-state index contributed by atoms with van der Waals surface area (Å²) in [4.78, 5) is 26.1. The zero-order chi connectivity index (χ0) is 20.7. The van der Waals surface area contributed by atoms with Crippen LogP contribution in [0.3, 0.4) is 0 Å². The van der Waals surface area contributed by atoms with Crippen LogP contribution in [0.4, 0.5) is 0 Å². The van der Waals surface area contributed by atoms with Crippen molar-refractivity contribution < 1.29 is 28.9 Å². The van der Waals surface area contributed by atoms with Crippen LogP contribution in [-0.2, 0) is 16.1 Å². The predicted molar refractivity (Wildman–Crippen MR) is 104 cm³/mol. The summed E-state index contributed by atoms with van der Waals surface area (Å²) in [5, 5.41) is 10.1. The minimum absolute atomic E-state index is 0.0554. The maximum atomic E-state index is 12.4. The Labute approximate surface area is 168 Å². The van der Waals surface area contributed by atoms with Crippen molar-refractivity contribution in [1.82, 2.24) is 4.90 Å². The number of esters is 1. The summed E-state index contributed by atoms with van der Waals surface area (Å²) in [5.74, 6) is -0.308. The van der Waals surface area contributed by atoms with Gasteiger partial charge in [0.05, 0.1) is 14.2 Å². The Kier molecular flexibility index (Phi) is 7.52. The first-order chi connectivity index (χ1) is 13.4. The number of carbonyl (C=O) groups is 2. The number of aromatic hydroxyl groups is 1. The maximum absolute atomic E-state index is 12.4. The van der Waals surface area contributed by atoms with Crippen LogP contribution in [0.5, 0.6) is 17.2 Å². The summed E-state index contributed by atoms with van der Waals surface area (Å²) in [6.45, 7) is 2.13. The number of phenolic OH excluding ortho intramolecular Hbond substituents is 1. The Balaban J connectivity index is 2.00. The summed E-state index contributed by atoms with van der Waals surface area (Å²) >= 11 is 5.74. The highest BCUT2D eigenvalue weighted by molar-refractivity contribution is 6.30. The predicted octanol–water partition coefficient (Wildman–Crippen LogP) is 3.27. The first kappa shape index (κ1) is 21.4. The summed E-state index contributed by atoms with van der Waals surface area (Å²) in [6, 6.07) is 9.40. The summed E-state index contributed by atoms with van der Waals surface area (Å²) in [6.07, 6.45) is 0. The van der Waals surface area contributed by atoms with E-state index in [1.807, 2.05) is 13.0 Å². The van der Waals surface area contributed by atoms with Crippen LogP contribution < -0.4 is 9.47 Å². The van der Waals surface area contributed by atoms with Gasteiger partial charge in [-0.2, -0.15) is 0 Å². The van der Waals surface area contributed by atoms with Crippen LogP contribution in [0.25, 0.3) is 0 Å². The van der Waals surface area contributed by atoms with Gasteiger partial charge in [-0.15, -0.1) is 0 Å². The lowest BCUT2D eigenvalue weighted by atomic mass is 10.2. The average Bonchev–Trinajstić information content (AvgIpc) is 2.69. The molecule has 0 heterocycles. The molecule has 0 atom stereocenters. The smallest absolute Gasteiger partial charge is 0.342 e. The van der Waals surface area contributed by atoms with Gasteiger partial charge in [0, 0.05) is 18.1 Å². The van der Waals surface area contributed by atoms with E-state index >= 15 is 0 Å². The fraction of sp³-hybridized carbons (Fsp3) is 0.300. The maximum Gasteiger partial charge on any atom is 0.342 e. The van der Waals surface area contributed by atoms with Gasteiger partial charge in [-0.25, -0.2) is 4.79 Å². The van der Waals surface area contributed by atoms with Gasteiger partial charge in [-0.3, -0.25) is 4.79 Å². The molecule has 8 heteroatoms. The fourth-order valence-electron chi connectivity index (χ4n) is 2.55. The van der Waals surface area contributed by atoms with Gasteiger partial charge in [0.25, 0.3) is 5.91 Å². The van der Waals surface area contributed by atoms with Crippen molar-refractivity contribution in [2.75, 3.05) is 27.4 Å². The summed E-state index contributed by atoms with van der Waals surface area (Å²) in [7, 11) is 3.09. The number of benzene rings is 2. The van der Waals surface area contributed by atoms with Gasteiger partial charge in [-0.05, 0) is 42.8 Å². The van der Waals surface area contributed by atoms with E-state index in [4.69, 9.17) is 25.8 Å². The van der Waals surface area contributed by atoms with Crippen LogP contribution in [-0.4, -0.2) is 49.3 Å². The normalized spacial score (nSPS) is 10.3. The number of amides is 1. The molecule has 0 saturated heterocycles. The number of hydrogen-bond donors (Lipinski definition) is 1. The molecular formula is C20H22ClNO6. The molecule has 0 saturated carbocycles. The fourth-order valence-corrected chi connectivity index (χ4v) is 2.72. The molecule has 0 spiro atoms. The molecule has 28 heavy (non-hydrogen) atoms. The third kappa shape index (κ3) is 5.29. The number of rotatable bonds is 8. The number of carbonyl (C=O) groups excluding carboxylic acids is 2. The number of likely N-dealkylation sites (N-methyl/N-ethyl adjacent to an activating group) is 1. The van der Waals surface area contributed by atoms with Crippen molar-refractivity contribution in [2.24, 2.45) is 0 Å². The largest absolute Gasteiger partial charge is 0.507 e. The Morgan fingerprint density at radius 2 is 1.79 bits per heavy atom. The Bertz CT molecular complexity index is 855. The molecular weight excluding hydrogens is 386 g/mol. The molecule has 1 N–H and O–H groups in total. The molecule has 0 aliphatic heterocycles. The highest BCUT2D eigenvalue weighted by Gasteiger charge is 2.18. The molecule has 0 fully saturated rings. The molecule has 150 valence electrons. The lowest BCUT2D eigenvalue weighted by molar-refractivity contribution is -0.134. The van der Waals surface area contributed by atoms with E-state index in [-0.39, 0.29) is 22.2 Å². The number of nitrogens with zero attached hydrogens (tertiary/aromatic N) is 1. The van der Waals surface area contributed by atoms with Crippen LogP contribution in [0.2, 0.25) is 5.02 Å². The molecule has 0 bridgehead atoms. The van der Waals surface area contributed by atoms with Gasteiger partial charge < -0.3 is 24.2 Å². The van der Waals surface area contributed by atoms with Crippen LogP contribution >= 0.6 is 11.6 Å². The lowest BCUT2D eigenvalue weighted by Crippen LogP contribution is -2.34. The first-order valence-electron chi connectivity index (χ1n) is 8.53. The Morgan fingerprint density at radius 3 is 2.39 bits per heavy atom. The van der Waals surface area contributed by atoms with E-state index in [9.17, 15) is 14.7 Å². The molecule has 2 rings (SSSR count). The lowest BCUT2D eigenvalue weighted by Gasteiger charge is -2.21. The molecule has 0 aliphatic carbocycles. The van der Waals surface area contributed by atoms with E-state index in [2.05, 4.69) is 0 Å². The van der Waals surface area contributed by atoms with Crippen molar-refractivity contribution in [3.05, 3.63) is 52.5 Å². The Hall–Kier alpha value is -2.93. The van der Waals surface area contributed by atoms with Gasteiger partial charge in [0.2, 0.25) is 0 Å². The summed E-state index contributed by atoms with van der Waals surface area (Å²) in [5.41, 5.74) is 0.787. The molecule has 2 aromatic carbocycles. The number of methoxy groups -OCH3 is 2. The molecule has 0 unspecified atom stereocenters. The van der Waals surface area contributed by atoms with Gasteiger partial charge in [-0.1, -0.05) is 17.7 Å². The number of hydrogen-bond acceptors (Lipinski definition) is 6. The van der Waals surface area contributed by atoms with Crippen molar-refractivity contribution in [1.29, 1.82) is 0 Å². The quantitative estimate of drug-likeness (QED) is 0.676. The molecule has 0 radical (unpaired) electrons. The van der Waals surface area contributed by atoms with Gasteiger partial charge >= 0.3 is 5.97 Å². The first-order valence-corrected chi connectivity index (χ1v) is 8.91. The van der Waals surface area contributed by atoms with E-state index in [0.29, 0.717) is 24.6 Å². The second-order valence-corrected chi connectivity index (χ2v) is 6.27. The average molecular weight is 408 g/mol. The van der Waals surface area contributed by atoms with Crippen LogP contribution in [0.15, 0.2) is 36.4 Å². The van der Waals surface area contributed by atoms with Crippen molar-refractivity contribution >= 4 is 23.5 Å². The minimum atomic E-state index is -0.801. The number of phenols is 1. The Morgan fingerprint density at radius 1 is 1.07 bits per heavy atom. The third-order valence-electron chi connectivity index (χ3n) is 4.06. The number of ether oxygens (including phenoxy) is 3. The molecule has 2 aromatic rings. The number of halogens is 1. The highest BCUT2D eigenvalue weighted by atomic mass is 35.5. The van der Waals surface area contributed by atoms with Crippen LogP contribution in [0, 0.1) is 0 Å². The molecule has 0 aromatic heterocycles. The zero-order valence-electron chi connectivity index (χ0n) is 15.9. The van der Waals surface area contributed by atoms with Gasteiger partial charge in [0.1, 0.15) is 11.3 Å². The van der Waals surface area contributed by atoms with E-state index < -0.39 is 12.6 Å². The monoisotopic (exact) mass is 407 g/mol. The molecule has 1 amide bonds. The van der Waals surface area contributed by atoms with E-state index in [0.717, 1.165) is 5.56 Å². The van der Waals surface area contributed by atoms with Crippen molar-refractivity contribution in [3.63, 3.8) is 0 Å². The SMILES string of the molecule is CCN(Cc1ccc(OC)c(OC)c1)C(=O)COC(=O)c1ccc(Cl)cc1O. The second-order valence-electron chi connectivity index (χ2n) is 5.83. The topological polar surface area (TPSA) is 85.3 Å². The van der Waals surface area contributed by atoms with E-state index in [1.165, 1.54) is 30.2 Å². The zero-order valence-corrected chi connectivity index (χ0v) is 16.7. The second kappa shape index (κ2) is 9.85. The van der Waals surface area contributed by atoms with Crippen LogP contribution in [0.1, 0.15) is 22.8 Å². The third-order valence-corrected chi connectivity index (χ3v) is 4.30. The van der Waals surface area contributed by atoms with Crippen molar-refractivity contribution in [2.45, 2.75) is 13.5 Å². The highest BCUT2D eigenvalue weighted by Crippen LogP contribution is 2.28. The van der Waals surface area contributed by atoms with Crippen molar-refractivity contribution in [3.8, 4) is 17.2 Å². The summed E-state index contributed by atoms with van der Waals surface area (Å²) < 4.78 is 15.5. The molecule has 7 nitrogen and oxygen atoms in total. The van der Waals surface area contributed by atoms with E-state index in [1.54, 1.807) is 19.2 Å². The standard InChI is InChI=1S/C20H22ClNO6/c1-4-22(11-13-5-8-17(26-2)18(9-13)27-3)19(24)12-28-20(25)15-7-6-14(21)10-16(15)23/h5-10,23H,4,11-12H2,1-3H3.